The maximum absolute atomic E-state index is 6.54. The minimum absolute atomic E-state index is 0. The monoisotopic (exact) mass is 829 g/mol. The van der Waals surface area contributed by atoms with Crippen molar-refractivity contribution in [2.24, 2.45) is 5.92 Å². The van der Waals surface area contributed by atoms with Gasteiger partial charge >= 0.3 is 21.1 Å². The van der Waals surface area contributed by atoms with Crippen LogP contribution in [0.4, 0.5) is 0 Å². The van der Waals surface area contributed by atoms with Crippen molar-refractivity contribution < 1.29 is 35.3 Å². The van der Waals surface area contributed by atoms with Crippen molar-refractivity contribution in [3.05, 3.63) is 120 Å². The number of nitrogens with zero attached hydrogens (tertiary/aromatic N) is 4. The first-order valence-corrected chi connectivity index (χ1v) is 16.3. The Morgan fingerprint density at radius 1 is 0.857 bits per heavy atom. The molecule has 7 aromatic rings. The summed E-state index contributed by atoms with van der Waals surface area (Å²) in [5, 5.41) is 6.94. The van der Waals surface area contributed by atoms with Crippen LogP contribution in [0, 0.1) is 31.9 Å². The van der Waals surface area contributed by atoms with Gasteiger partial charge in [-0.1, -0.05) is 37.6 Å². The Morgan fingerprint density at radius 3 is 2.41 bits per heavy atom. The molecule has 0 aliphatic rings. The predicted octanol–water partition coefficient (Wildman–Crippen LogP) is 9.64. The van der Waals surface area contributed by atoms with Gasteiger partial charge in [-0.25, -0.2) is 4.98 Å². The van der Waals surface area contributed by atoms with E-state index >= 15 is 0 Å². The summed E-state index contributed by atoms with van der Waals surface area (Å²) >= 11 is 0. The molecule has 0 N–H and O–H groups in total. The molecule has 0 saturated carbocycles. The van der Waals surface area contributed by atoms with Gasteiger partial charge in [0.1, 0.15) is 17.3 Å². The van der Waals surface area contributed by atoms with Gasteiger partial charge in [0, 0.05) is 41.0 Å². The number of aromatic nitrogens is 4. The summed E-state index contributed by atoms with van der Waals surface area (Å²) in [5.74, 6) is 4.01. The van der Waals surface area contributed by atoms with E-state index in [2.05, 4.69) is 98.0 Å². The predicted molar refractivity (Wildman–Crippen MR) is 191 cm³/mol. The average molecular weight is 830 g/mol. The Balaban J connectivity index is 0.00000417. The Hall–Kier alpha value is -4.87. The largest absolute Gasteiger partial charge is 2.00 e. The van der Waals surface area contributed by atoms with E-state index in [4.69, 9.17) is 19.3 Å². The Labute approximate surface area is 301 Å². The van der Waals surface area contributed by atoms with Gasteiger partial charge in [-0.2, -0.15) is 16.7 Å². The number of para-hydroxylation sites is 1. The van der Waals surface area contributed by atoms with Crippen LogP contribution in [-0.4, -0.2) is 33.0 Å². The molecule has 4 aromatic carbocycles. The van der Waals surface area contributed by atoms with Gasteiger partial charge in [-0.05, 0) is 85.1 Å². The van der Waals surface area contributed by atoms with Gasteiger partial charge in [0.2, 0.25) is 0 Å². The fourth-order valence-corrected chi connectivity index (χ4v) is 6.50. The third-order valence-corrected chi connectivity index (χ3v) is 8.43. The molecule has 0 saturated heterocycles. The topological polar surface area (TPSA) is 63.3 Å². The van der Waals surface area contributed by atoms with Crippen LogP contribution in [0.3, 0.4) is 0 Å². The SMILES string of the molecule is CCOc1cc(C)c(-c2cnn(-c3[c-]c(Oc4[c-]c5c(cc4)c4ccccc4n5-c4cc(OC)ccn4)cc(CC(C)C)c3)c2)c(C)c1.[Pt+2]. The molecular weight excluding hydrogens is 792 g/mol. The van der Waals surface area contributed by atoms with Crippen LogP contribution in [0.15, 0.2) is 91.4 Å². The minimum Gasteiger partial charge on any atom is -0.509 e. The molecule has 0 unspecified atom stereocenters. The van der Waals surface area contributed by atoms with Gasteiger partial charge in [0.05, 0.1) is 19.9 Å². The number of aryl methyl sites for hydroxylation is 2. The number of rotatable bonds is 10. The molecule has 0 amide bonds. The van der Waals surface area contributed by atoms with Crippen LogP contribution in [0.5, 0.6) is 23.0 Å². The molecule has 0 bridgehead atoms. The zero-order valence-corrected chi connectivity index (χ0v) is 30.8. The fourth-order valence-electron chi connectivity index (χ4n) is 6.50. The molecule has 3 heterocycles. The second-order valence-electron chi connectivity index (χ2n) is 12.5. The summed E-state index contributed by atoms with van der Waals surface area (Å²) in [4.78, 5) is 4.68. The second kappa shape index (κ2) is 14.3. The maximum atomic E-state index is 6.54. The number of hydrogen-bond donors (Lipinski definition) is 0. The van der Waals surface area contributed by atoms with Gasteiger partial charge in [-0.3, -0.25) is 4.68 Å². The van der Waals surface area contributed by atoms with Gasteiger partial charge in [-0.15, -0.1) is 35.7 Å². The van der Waals surface area contributed by atoms with Crippen molar-refractivity contribution >= 4 is 21.8 Å². The fraction of sp³-hybridized carbons (Fsp3) is 0.220. The first-order chi connectivity index (χ1) is 23.3. The van der Waals surface area contributed by atoms with E-state index < -0.39 is 0 Å². The smallest absolute Gasteiger partial charge is 0.509 e. The molecule has 0 aliphatic heterocycles. The summed E-state index contributed by atoms with van der Waals surface area (Å²) in [5.41, 5.74) is 8.34. The van der Waals surface area contributed by atoms with E-state index in [0.717, 1.165) is 79.0 Å². The summed E-state index contributed by atoms with van der Waals surface area (Å²) in [6, 6.07) is 31.5. The van der Waals surface area contributed by atoms with Crippen molar-refractivity contribution in [1.82, 2.24) is 19.3 Å². The molecule has 7 nitrogen and oxygen atoms in total. The zero-order valence-electron chi connectivity index (χ0n) is 28.5. The quantitative estimate of drug-likeness (QED) is 0.129. The standard InChI is InChI=1S/C41H38N4O3.Pt/c1-7-47-34-17-27(4)41(28(5)18-34)30-24-43-44(25-30)31-19-29(16-26(2)3)20-35(21-31)48-33-12-13-37-36-10-8-9-11-38(36)45(39(37)22-33)40-23-32(46-6)14-15-42-40;/h8-15,17-20,23-26H,7,16H2,1-6H3;/q-2;+2. The summed E-state index contributed by atoms with van der Waals surface area (Å²) in [7, 11) is 1.66. The molecule has 8 heteroatoms. The van der Waals surface area contributed by atoms with Gasteiger partial charge in [0.15, 0.2) is 0 Å². The zero-order chi connectivity index (χ0) is 33.4. The maximum Gasteiger partial charge on any atom is 2.00 e. The molecule has 49 heavy (non-hydrogen) atoms. The van der Waals surface area contributed by atoms with Crippen LogP contribution in [0.25, 0.3) is 44.4 Å². The van der Waals surface area contributed by atoms with Crippen molar-refractivity contribution in [1.29, 1.82) is 0 Å². The first kappa shape index (κ1) is 34.0. The molecule has 7 rings (SSSR count). The second-order valence-corrected chi connectivity index (χ2v) is 12.5. The molecule has 0 spiro atoms. The van der Waals surface area contributed by atoms with E-state index in [0.29, 0.717) is 24.0 Å². The van der Waals surface area contributed by atoms with Crippen molar-refractivity contribution in [2.45, 2.75) is 41.0 Å². The number of ether oxygens (including phenoxy) is 3. The van der Waals surface area contributed by atoms with Crippen LogP contribution in [0.1, 0.15) is 37.5 Å². The Kier molecular flexibility index (Phi) is 9.93. The first-order valence-electron chi connectivity index (χ1n) is 16.3. The van der Waals surface area contributed by atoms with Crippen molar-refractivity contribution in [3.8, 4) is 45.6 Å². The summed E-state index contributed by atoms with van der Waals surface area (Å²) in [6.45, 7) is 11.3. The summed E-state index contributed by atoms with van der Waals surface area (Å²) in [6.07, 6.45) is 6.61. The number of pyridine rings is 1. The molecule has 0 fully saturated rings. The van der Waals surface area contributed by atoms with Crippen LogP contribution >= 0.6 is 0 Å². The number of fused-ring (bicyclic) bond motifs is 3. The normalized spacial score (nSPS) is 11.2. The molecule has 3 aromatic heterocycles. The Bertz CT molecular complexity index is 2250. The number of methoxy groups -OCH3 is 1. The van der Waals surface area contributed by atoms with Gasteiger partial charge < -0.3 is 18.8 Å². The Morgan fingerprint density at radius 2 is 1.65 bits per heavy atom. The van der Waals surface area contributed by atoms with E-state index in [-0.39, 0.29) is 21.1 Å². The van der Waals surface area contributed by atoms with E-state index in [1.54, 1.807) is 13.3 Å². The third kappa shape index (κ3) is 6.86. The number of hydrogen-bond acceptors (Lipinski definition) is 5. The van der Waals surface area contributed by atoms with Crippen LogP contribution in [0.2, 0.25) is 0 Å². The van der Waals surface area contributed by atoms with Crippen LogP contribution < -0.4 is 14.2 Å². The van der Waals surface area contributed by atoms with E-state index in [9.17, 15) is 0 Å². The molecule has 0 aliphatic carbocycles. The molecule has 250 valence electrons. The average Bonchev–Trinajstić information content (AvgIpc) is 3.67. The molecule has 0 atom stereocenters. The van der Waals surface area contributed by atoms with E-state index in [1.807, 2.05) is 48.1 Å². The van der Waals surface area contributed by atoms with Crippen LogP contribution in [-0.2, 0) is 27.5 Å². The van der Waals surface area contributed by atoms with Crippen molar-refractivity contribution in [2.75, 3.05) is 13.7 Å². The summed E-state index contributed by atoms with van der Waals surface area (Å²) < 4.78 is 21.8. The van der Waals surface area contributed by atoms with Gasteiger partial charge in [0.25, 0.3) is 0 Å². The third-order valence-electron chi connectivity index (χ3n) is 8.43. The molecule has 0 radical (unpaired) electrons. The molecular formula is C41H38N4O3Pt. The minimum atomic E-state index is 0. The number of benzene rings is 4. The van der Waals surface area contributed by atoms with E-state index in [1.165, 1.54) is 0 Å². The van der Waals surface area contributed by atoms with Crippen molar-refractivity contribution in [3.63, 3.8) is 0 Å².